The second-order valence-electron chi connectivity index (χ2n) is 7.65. The summed E-state index contributed by atoms with van der Waals surface area (Å²) in [6, 6.07) is 11.8. The maximum Gasteiger partial charge on any atom is 0.335 e. The Hall–Kier alpha value is -3.91. The van der Waals surface area contributed by atoms with Gasteiger partial charge in [-0.05, 0) is 68.8 Å². The molecule has 1 fully saturated rings. The highest BCUT2D eigenvalue weighted by Gasteiger charge is 2.37. The summed E-state index contributed by atoms with van der Waals surface area (Å²) in [6.45, 7) is 5.88. The third-order valence-electron chi connectivity index (χ3n) is 5.42. The molecule has 0 unspecified atom stereocenters. The van der Waals surface area contributed by atoms with E-state index in [1.54, 1.807) is 43.3 Å². The maximum absolute atomic E-state index is 13.6. The van der Waals surface area contributed by atoms with Gasteiger partial charge in [-0.1, -0.05) is 17.7 Å². The molecule has 7 nitrogen and oxygen atoms in total. The fourth-order valence-corrected chi connectivity index (χ4v) is 4.06. The molecule has 34 heavy (non-hydrogen) atoms. The zero-order valence-corrected chi connectivity index (χ0v) is 19.4. The number of rotatable bonds is 5. The Balaban J connectivity index is 1.74. The van der Waals surface area contributed by atoms with Crippen LogP contribution in [-0.2, 0) is 9.59 Å². The first-order chi connectivity index (χ1) is 16.2. The van der Waals surface area contributed by atoms with Crippen molar-refractivity contribution in [1.82, 2.24) is 9.88 Å². The molecule has 0 bridgehead atoms. The molecule has 4 rings (SSSR count). The lowest BCUT2D eigenvalue weighted by molar-refractivity contribution is -0.122. The van der Waals surface area contributed by atoms with E-state index in [9.17, 15) is 18.8 Å². The first-order valence-corrected chi connectivity index (χ1v) is 10.9. The maximum atomic E-state index is 13.6. The molecule has 0 aliphatic carbocycles. The number of anilines is 1. The number of imide groups is 2. The van der Waals surface area contributed by atoms with Crippen LogP contribution in [0.2, 0.25) is 5.02 Å². The number of barbiturate groups is 1. The Labute approximate surface area is 200 Å². The summed E-state index contributed by atoms with van der Waals surface area (Å²) < 4.78 is 20.9. The highest BCUT2D eigenvalue weighted by molar-refractivity contribution is 6.39. The van der Waals surface area contributed by atoms with Gasteiger partial charge in [0.15, 0.2) is 0 Å². The van der Waals surface area contributed by atoms with Crippen LogP contribution < -0.4 is 15.0 Å². The van der Waals surface area contributed by atoms with E-state index in [4.69, 9.17) is 16.3 Å². The second-order valence-corrected chi connectivity index (χ2v) is 8.06. The number of amides is 4. The number of carbonyl (C=O) groups is 3. The lowest BCUT2D eigenvalue weighted by atomic mass is 10.1. The predicted octanol–water partition coefficient (Wildman–Crippen LogP) is 4.95. The third kappa shape index (κ3) is 4.20. The molecule has 0 spiro atoms. The molecule has 1 saturated heterocycles. The molecule has 0 atom stereocenters. The fraction of sp³-hybridized carbons (Fsp3) is 0.160. The van der Waals surface area contributed by atoms with Gasteiger partial charge >= 0.3 is 6.03 Å². The van der Waals surface area contributed by atoms with Crippen LogP contribution in [0.4, 0.5) is 14.9 Å². The lowest BCUT2D eigenvalue weighted by Gasteiger charge is -2.26. The van der Waals surface area contributed by atoms with Gasteiger partial charge in [0.05, 0.1) is 17.3 Å². The SMILES string of the molecule is CCOc1cccc(N2C(=O)NC(=O)/C(=C\c3cc(C)n(-c4ccc(F)c(Cl)c4)c3C)C2=O)c1. The Morgan fingerprint density at radius 3 is 2.53 bits per heavy atom. The van der Waals surface area contributed by atoms with Crippen LogP contribution in [0.5, 0.6) is 5.75 Å². The molecular formula is C25H21ClFN3O4. The molecular weight excluding hydrogens is 461 g/mol. The van der Waals surface area contributed by atoms with Gasteiger partial charge in [-0.25, -0.2) is 14.1 Å². The number of ether oxygens (including phenoxy) is 1. The average Bonchev–Trinajstić information content (AvgIpc) is 3.06. The van der Waals surface area contributed by atoms with Gasteiger partial charge in [0.2, 0.25) is 0 Å². The second kappa shape index (κ2) is 9.15. The third-order valence-corrected chi connectivity index (χ3v) is 5.71. The summed E-state index contributed by atoms with van der Waals surface area (Å²) in [5, 5.41) is 2.20. The van der Waals surface area contributed by atoms with Gasteiger partial charge in [0.1, 0.15) is 17.1 Å². The molecule has 9 heteroatoms. The smallest absolute Gasteiger partial charge is 0.335 e. The van der Waals surface area contributed by atoms with Gasteiger partial charge < -0.3 is 9.30 Å². The van der Waals surface area contributed by atoms with Gasteiger partial charge in [0.25, 0.3) is 11.8 Å². The van der Waals surface area contributed by atoms with Crippen molar-refractivity contribution in [2.24, 2.45) is 0 Å². The van der Waals surface area contributed by atoms with E-state index in [0.717, 1.165) is 10.6 Å². The van der Waals surface area contributed by atoms with Crippen LogP contribution >= 0.6 is 11.6 Å². The minimum atomic E-state index is -0.841. The van der Waals surface area contributed by atoms with Crippen molar-refractivity contribution in [2.45, 2.75) is 20.8 Å². The minimum absolute atomic E-state index is 0.0184. The van der Waals surface area contributed by atoms with Crippen molar-refractivity contribution in [3.63, 3.8) is 0 Å². The quantitative estimate of drug-likeness (QED) is 0.413. The number of benzene rings is 2. The van der Waals surface area contributed by atoms with Gasteiger partial charge in [0, 0.05) is 23.1 Å². The molecule has 1 N–H and O–H groups in total. The van der Waals surface area contributed by atoms with Crippen LogP contribution in [0, 0.1) is 19.7 Å². The molecule has 0 saturated carbocycles. The Morgan fingerprint density at radius 2 is 1.82 bits per heavy atom. The van der Waals surface area contributed by atoms with E-state index < -0.39 is 23.7 Å². The van der Waals surface area contributed by atoms with E-state index in [-0.39, 0.29) is 16.3 Å². The van der Waals surface area contributed by atoms with Crippen LogP contribution in [0.1, 0.15) is 23.9 Å². The molecule has 1 aromatic heterocycles. The highest BCUT2D eigenvalue weighted by atomic mass is 35.5. The van der Waals surface area contributed by atoms with Crippen LogP contribution in [0.3, 0.4) is 0 Å². The Morgan fingerprint density at radius 1 is 1.06 bits per heavy atom. The van der Waals surface area contributed by atoms with Crippen molar-refractivity contribution in [2.75, 3.05) is 11.5 Å². The Kier molecular flexibility index (Phi) is 6.26. The number of halogens is 2. The molecule has 4 amide bonds. The van der Waals surface area contributed by atoms with E-state index in [1.165, 1.54) is 18.2 Å². The monoisotopic (exact) mass is 481 g/mol. The van der Waals surface area contributed by atoms with Crippen molar-refractivity contribution < 1.29 is 23.5 Å². The van der Waals surface area contributed by atoms with Gasteiger partial charge in [-0.2, -0.15) is 0 Å². The summed E-state index contributed by atoms with van der Waals surface area (Å²) in [5.74, 6) is -1.58. The van der Waals surface area contributed by atoms with Crippen LogP contribution in [0.25, 0.3) is 11.8 Å². The van der Waals surface area contributed by atoms with E-state index >= 15 is 0 Å². The summed E-state index contributed by atoms with van der Waals surface area (Å²) >= 11 is 5.94. The number of hydrogen-bond acceptors (Lipinski definition) is 4. The zero-order chi connectivity index (χ0) is 24.6. The molecule has 174 valence electrons. The summed E-state index contributed by atoms with van der Waals surface area (Å²) in [4.78, 5) is 39.2. The Bertz CT molecular complexity index is 1360. The summed E-state index contributed by atoms with van der Waals surface area (Å²) in [7, 11) is 0. The van der Waals surface area contributed by atoms with Crippen molar-refractivity contribution in [3.8, 4) is 11.4 Å². The van der Waals surface area contributed by atoms with E-state index in [1.807, 2.05) is 18.4 Å². The molecule has 2 heterocycles. The number of carbonyl (C=O) groups excluding carboxylic acids is 3. The van der Waals surface area contributed by atoms with Crippen molar-refractivity contribution in [1.29, 1.82) is 0 Å². The molecule has 0 radical (unpaired) electrons. The molecule has 1 aliphatic heterocycles. The number of urea groups is 1. The topological polar surface area (TPSA) is 80.6 Å². The summed E-state index contributed by atoms with van der Waals surface area (Å²) in [6.07, 6.45) is 1.44. The number of aromatic nitrogens is 1. The minimum Gasteiger partial charge on any atom is -0.494 e. The largest absolute Gasteiger partial charge is 0.494 e. The van der Waals surface area contributed by atoms with Crippen LogP contribution in [0.15, 0.2) is 54.1 Å². The van der Waals surface area contributed by atoms with Gasteiger partial charge in [-0.15, -0.1) is 0 Å². The highest BCUT2D eigenvalue weighted by Crippen LogP contribution is 2.28. The normalized spacial score (nSPS) is 15.1. The van der Waals surface area contributed by atoms with Crippen molar-refractivity contribution >= 4 is 41.2 Å². The van der Waals surface area contributed by atoms with E-state index in [2.05, 4.69) is 5.32 Å². The van der Waals surface area contributed by atoms with Gasteiger partial charge in [-0.3, -0.25) is 14.9 Å². The standard InChI is InChI=1S/C25H21ClFN3O4/c1-4-34-19-7-5-6-17(12-19)30-24(32)20(23(31)28-25(30)33)11-16-10-14(2)29(15(16)3)18-8-9-22(27)21(26)13-18/h5-13H,4H2,1-3H3,(H,28,31,33)/b20-11+. The first kappa shape index (κ1) is 23.3. The van der Waals surface area contributed by atoms with Crippen molar-refractivity contribution in [3.05, 3.63) is 81.9 Å². The lowest BCUT2D eigenvalue weighted by Crippen LogP contribution is -2.54. The molecule has 1 aliphatic rings. The number of aryl methyl sites for hydroxylation is 1. The average molecular weight is 482 g/mol. The van der Waals surface area contributed by atoms with Crippen LogP contribution in [-0.4, -0.2) is 29.0 Å². The predicted molar refractivity (Wildman–Crippen MR) is 127 cm³/mol. The number of hydrogen-bond donors (Lipinski definition) is 1. The number of nitrogens with zero attached hydrogens (tertiary/aromatic N) is 2. The zero-order valence-electron chi connectivity index (χ0n) is 18.7. The first-order valence-electron chi connectivity index (χ1n) is 10.5. The van der Waals surface area contributed by atoms with E-state index in [0.29, 0.717) is 29.3 Å². The molecule has 3 aromatic rings. The molecule has 2 aromatic carbocycles. The fourth-order valence-electron chi connectivity index (χ4n) is 3.88. The summed E-state index contributed by atoms with van der Waals surface area (Å²) in [5.41, 5.74) is 2.80. The number of nitrogens with one attached hydrogen (secondary N) is 1.